The van der Waals surface area contributed by atoms with Crippen LogP contribution in [0.3, 0.4) is 0 Å². The molecule has 0 bridgehead atoms. The van der Waals surface area contributed by atoms with Crippen LogP contribution in [-0.2, 0) is 5.41 Å². The van der Waals surface area contributed by atoms with E-state index in [1.54, 1.807) is 27.4 Å². The van der Waals surface area contributed by atoms with E-state index in [9.17, 15) is 0 Å². The van der Waals surface area contributed by atoms with Crippen LogP contribution in [0.15, 0.2) is 36.4 Å². The summed E-state index contributed by atoms with van der Waals surface area (Å²) < 4.78 is 16.0. The van der Waals surface area contributed by atoms with Gasteiger partial charge in [0.1, 0.15) is 17.2 Å². The van der Waals surface area contributed by atoms with Crippen molar-refractivity contribution < 1.29 is 14.2 Å². The van der Waals surface area contributed by atoms with Gasteiger partial charge >= 0.3 is 0 Å². The van der Waals surface area contributed by atoms with E-state index in [2.05, 4.69) is 43.5 Å². The molecule has 0 fully saturated rings. The fourth-order valence-corrected chi connectivity index (χ4v) is 2.66. The zero-order valence-corrected chi connectivity index (χ0v) is 16.9. The molecule has 0 spiro atoms. The Hall–Kier alpha value is -2.47. The van der Waals surface area contributed by atoms with Crippen LogP contribution in [0.5, 0.6) is 17.2 Å². The summed E-state index contributed by atoms with van der Waals surface area (Å²) >= 11 is 5.46. The molecular weight excluding hydrogens is 348 g/mol. The van der Waals surface area contributed by atoms with Crippen molar-refractivity contribution in [3.63, 3.8) is 0 Å². The predicted molar refractivity (Wildman–Crippen MR) is 111 cm³/mol. The summed E-state index contributed by atoms with van der Waals surface area (Å²) in [5.74, 6) is 2.09. The third-order valence-electron chi connectivity index (χ3n) is 3.92. The Kier molecular flexibility index (Phi) is 6.32. The van der Waals surface area contributed by atoms with E-state index >= 15 is 0 Å². The van der Waals surface area contributed by atoms with Crippen LogP contribution in [-0.4, -0.2) is 26.4 Å². The van der Waals surface area contributed by atoms with Crippen LogP contribution in [0.4, 0.5) is 11.4 Å². The molecule has 0 radical (unpaired) electrons. The molecule has 0 saturated heterocycles. The fraction of sp³-hybridized carbons (Fsp3) is 0.350. The van der Waals surface area contributed by atoms with Crippen LogP contribution in [0.2, 0.25) is 0 Å². The molecule has 2 rings (SSSR count). The SMILES string of the molecule is COc1cc(NC(=S)Nc2cc(C(C)(C)C)ccc2OC)cc(OC)c1. The maximum Gasteiger partial charge on any atom is 0.175 e. The molecule has 140 valence electrons. The van der Waals surface area contributed by atoms with Crippen LogP contribution in [0.1, 0.15) is 26.3 Å². The molecule has 0 aliphatic heterocycles. The van der Waals surface area contributed by atoms with Gasteiger partial charge in [0.2, 0.25) is 0 Å². The van der Waals surface area contributed by atoms with Crippen molar-refractivity contribution in [1.82, 2.24) is 0 Å². The highest BCUT2D eigenvalue weighted by Crippen LogP contribution is 2.32. The molecule has 0 aliphatic rings. The topological polar surface area (TPSA) is 51.8 Å². The van der Waals surface area contributed by atoms with E-state index in [1.807, 2.05) is 18.2 Å². The van der Waals surface area contributed by atoms with E-state index < -0.39 is 0 Å². The monoisotopic (exact) mass is 374 g/mol. The molecule has 0 heterocycles. The zero-order valence-electron chi connectivity index (χ0n) is 16.1. The van der Waals surface area contributed by atoms with Crippen LogP contribution in [0.25, 0.3) is 0 Å². The van der Waals surface area contributed by atoms with Crippen molar-refractivity contribution >= 4 is 28.7 Å². The second-order valence-corrected chi connectivity index (χ2v) is 7.25. The summed E-state index contributed by atoms with van der Waals surface area (Å²) in [6.45, 7) is 6.49. The second-order valence-electron chi connectivity index (χ2n) is 6.85. The molecule has 0 amide bonds. The van der Waals surface area contributed by atoms with E-state index in [4.69, 9.17) is 26.4 Å². The highest BCUT2D eigenvalue weighted by molar-refractivity contribution is 7.80. The van der Waals surface area contributed by atoms with Gasteiger partial charge in [0, 0.05) is 23.9 Å². The first-order chi connectivity index (χ1) is 12.3. The average Bonchev–Trinajstić information content (AvgIpc) is 2.60. The first kappa shape index (κ1) is 19.8. The Bertz CT molecular complexity index is 763. The zero-order chi connectivity index (χ0) is 19.3. The number of hydrogen-bond acceptors (Lipinski definition) is 4. The second kappa shape index (κ2) is 8.27. The van der Waals surface area contributed by atoms with E-state index in [0.29, 0.717) is 16.6 Å². The third-order valence-corrected chi connectivity index (χ3v) is 4.13. The van der Waals surface area contributed by atoms with Crippen molar-refractivity contribution in [3.05, 3.63) is 42.0 Å². The summed E-state index contributed by atoms with van der Waals surface area (Å²) in [5.41, 5.74) is 2.79. The van der Waals surface area contributed by atoms with Gasteiger partial charge in [-0.05, 0) is 35.3 Å². The number of benzene rings is 2. The van der Waals surface area contributed by atoms with Gasteiger partial charge < -0.3 is 24.8 Å². The highest BCUT2D eigenvalue weighted by atomic mass is 32.1. The number of nitrogens with one attached hydrogen (secondary N) is 2. The Morgan fingerprint density at radius 3 is 1.96 bits per heavy atom. The molecule has 2 N–H and O–H groups in total. The predicted octanol–water partition coefficient (Wildman–Crippen LogP) is 4.82. The minimum Gasteiger partial charge on any atom is -0.497 e. The lowest BCUT2D eigenvalue weighted by Crippen LogP contribution is -2.20. The standard InChI is InChI=1S/C20H26N2O3S/c1-20(2,3)13-7-8-18(25-6)17(9-13)22-19(26)21-14-10-15(23-4)12-16(11-14)24-5/h7-12H,1-6H3,(H2,21,22,26). The van der Waals surface area contributed by atoms with E-state index in [0.717, 1.165) is 17.1 Å². The minimum atomic E-state index is 0.0257. The molecule has 6 heteroatoms. The maximum absolute atomic E-state index is 5.46. The first-order valence-electron chi connectivity index (χ1n) is 8.26. The quantitative estimate of drug-likeness (QED) is 0.732. The molecular formula is C20H26N2O3S. The lowest BCUT2D eigenvalue weighted by molar-refractivity contribution is 0.395. The smallest absolute Gasteiger partial charge is 0.175 e. The van der Waals surface area contributed by atoms with Gasteiger partial charge in [-0.15, -0.1) is 0 Å². The van der Waals surface area contributed by atoms with Crippen molar-refractivity contribution in [2.45, 2.75) is 26.2 Å². The van der Waals surface area contributed by atoms with Gasteiger partial charge in [-0.2, -0.15) is 0 Å². The molecule has 0 saturated carbocycles. The van der Waals surface area contributed by atoms with Crippen molar-refractivity contribution in [2.75, 3.05) is 32.0 Å². The number of methoxy groups -OCH3 is 3. The average molecular weight is 375 g/mol. The summed E-state index contributed by atoms with van der Waals surface area (Å²) in [5, 5.41) is 6.81. The molecule has 0 unspecified atom stereocenters. The number of thiocarbonyl (C=S) groups is 1. The van der Waals surface area contributed by atoms with Gasteiger partial charge in [-0.1, -0.05) is 26.8 Å². The number of ether oxygens (including phenoxy) is 3. The van der Waals surface area contributed by atoms with Gasteiger partial charge in [0.05, 0.1) is 27.0 Å². The van der Waals surface area contributed by atoms with Crippen LogP contribution in [0, 0.1) is 0 Å². The number of rotatable bonds is 5. The van der Waals surface area contributed by atoms with Gasteiger partial charge in [0.15, 0.2) is 5.11 Å². The minimum absolute atomic E-state index is 0.0257. The molecule has 0 atom stereocenters. The van der Waals surface area contributed by atoms with Crippen molar-refractivity contribution in [2.24, 2.45) is 0 Å². The van der Waals surface area contributed by atoms with Crippen molar-refractivity contribution in [1.29, 1.82) is 0 Å². The van der Waals surface area contributed by atoms with Crippen LogP contribution >= 0.6 is 12.2 Å². The van der Waals surface area contributed by atoms with Gasteiger partial charge in [0.25, 0.3) is 0 Å². The van der Waals surface area contributed by atoms with Gasteiger partial charge in [-0.25, -0.2) is 0 Å². The largest absolute Gasteiger partial charge is 0.497 e. The summed E-state index contributed by atoms with van der Waals surface area (Å²) in [4.78, 5) is 0. The molecule has 26 heavy (non-hydrogen) atoms. The Labute approximate surface area is 160 Å². The summed E-state index contributed by atoms with van der Waals surface area (Å²) in [6, 6.07) is 11.6. The molecule has 0 aliphatic carbocycles. The molecule has 0 aromatic heterocycles. The maximum atomic E-state index is 5.46. The Morgan fingerprint density at radius 2 is 1.46 bits per heavy atom. The summed E-state index contributed by atoms with van der Waals surface area (Å²) in [7, 11) is 4.86. The number of anilines is 2. The molecule has 5 nitrogen and oxygen atoms in total. The molecule has 2 aromatic carbocycles. The Morgan fingerprint density at radius 1 is 0.846 bits per heavy atom. The third kappa shape index (κ3) is 5.02. The van der Waals surface area contributed by atoms with Crippen LogP contribution < -0.4 is 24.8 Å². The number of hydrogen-bond donors (Lipinski definition) is 2. The van der Waals surface area contributed by atoms with E-state index in [-0.39, 0.29) is 5.41 Å². The summed E-state index contributed by atoms with van der Waals surface area (Å²) in [6.07, 6.45) is 0. The van der Waals surface area contributed by atoms with Crippen molar-refractivity contribution in [3.8, 4) is 17.2 Å². The molecule has 2 aromatic rings. The lowest BCUT2D eigenvalue weighted by atomic mass is 9.87. The van der Waals surface area contributed by atoms with Gasteiger partial charge in [-0.3, -0.25) is 0 Å². The normalized spacial score (nSPS) is 10.8. The Balaban J connectivity index is 2.22. The first-order valence-corrected chi connectivity index (χ1v) is 8.67. The highest BCUT2D eigenvalue weighted by Gasteiger charge is 2.16. The lowest BCUT2D eigenvalue weighted by Gasteiger charge is -2.22. The van der Waals surface area contributed by atoms with E-state index in [1.165, 1.54) is 5.56 Å². The fourth-order valence-electron chi connectivity index (χ4n) is 2.44.